The van der Waals surface area contributed by atoms with Crippen molar-refractivity contribution in [2.75, 3.05) is 6.61 Å². The molecular weight excluding hydrogens is 442 g/mol. The van der Waals surface area contributed by atoms with E-state index in [9.17, 15) is 4.79 Å². The van der Waals surface area contributed by atoms with Crippen molar-refractivity contribution in [2.24, 2.45) is 4.99 Å². The van der Waals surface area contributed by atoms with Crippen LogP contribution in [0.4, 0.5) is 0 Å². The molecule has 0 saturated heterocycles. The van der Waals surface area contributed by atoms with Crippen molar-refractivity contribution in [3.63, 3.8) is 0 Å². The summed E-state index contributed by atoms with van der Waals surface area (Å²) in [6.07, 6.45) is 1.80. The summed E-state index contributed by atoms with van der Waals surface area (Å²) in [6, 6.07) is 25.3. The number of fused-ring (bicyclic) bond motifs is 2. The molecule has 5 rings (SSSR count). The molecule has 0 bridgehead atoms. The van der Waals surface area contributed by atoms with E-state index >= 15 is 0 Å². The van der Waals surface area contributed by atoms with E-state index < -0.39 is 0 Å². The third-order valence-corrected chi connectivity index (χ3v) is 6.53. The second-order valence-electron chi connectivity index (χ2n) is 7.68. The van der Waals surface area contributed by atoms with Gasteiger partial charge >= 0.3 is 0 Å². The molecule has 0 saturated carbocycles. The van der Waals surface area contributed by atoms with Crippen molar-refractivity contribution in [1.29, 1.82) is 0 Å². The Kier molecular flexibility index (Phi) is 6.06. The molecule has 0 atom stereocenters. The lowest BCUT2D eigenvalue weighted by Gasteiger charge is -2.09. The number of aromatic nitrogens is 2. The predicted octanol–water partition coefficient (Wildman–Crippen LogP) is 6.24. The summed E-state index contributed by atoms with van der Waals surface area (Å²) in [7, 11) is 0. The fraction of sp³-hybridized carbons (Fsp3) is 0.107. The highest BCUT2D eigenvalue weighted by atomic mass is 32.1. The molecule has 5 nitrogen and oxygen atoms in total. The molecule has 34 heavy (non-hydrogen) atoms. The van der Waals surface area contributed by atoms with E-state index in [1.165, 1.54) is 11.3 Å². The number of ether oxygens (including phenoxy) is 1. The molecule has 0 aliphatic rings. The molecular formula is C28H23N3O2S. The molecule has 2 aromatic heterocycles. The monoisotopic (exact) mass is 465 g/mol. The molecule has 2 heterocycles. The lowest BCUT2D eigenvalue weighted by atomic mass is 10.0. The van der Waals surface area contributed by atoms with Crippen LogP contribution in [0.25, 0.3) is 32.4 Å². The highest BCUT2D eigenvalue weighted by Crippen LogP contribution is 2.28. The van der Waals surface area contributed by atoms with Gasteiger partial charge in [0.1, 0.15) is 11.3 Å². The molecule has 0 aliphatic heterocycles. The Labute approximate surface area is 201 Å². The predicted molar refractivity (Wildman–Crippen MR) is 138 cm³/mol. The van der Waals surface area contributed by atoms with E-state index in [0.29, 0.717) is 23.5 Å². The second kappa shape index (κ2) is 9.45. The first kappa shape index (κ1) is 21.8. The topological polar surface area (TPSA) is 56.5 Å². The molecule has 6 heteroatoms. The van der Waals surface area contributed by atoms with Crippen molar-refractivity contribution in [2.45, 2.75) is 13.5 Å². The van der Waals surface area contributed by atoms with Crippen LogP contribution < -0.4 is 9.54 Å². The number of thiazole rings is 1. The number of hydrogen-bond donors (Lipinski definition) is 0. The number of pyridine rings is 1. The van der Waals surface area contributed by atoms with Crippen molar-refractivity contribution in [3.8, 4) is 17.0 Å². The van der Waals surface area contributed by atoms with E-state index in [4.69, 9.17) is 9.72 Å². The van der Waals surface area contributed by atoms with Gasteiger partial charge in [0.25, 0.3) is 5.91 Å². The molecule has 5 aromatic rings. The molecule has 0 aliphatic carbocycles. The maximum absolute atomic E-state index is 13.6. The Balaban J connectivity index is 1.71. The third-order valence-electron chi connectivity index (χ3n) is 5.49. The first-order chi connectivity index (χ1) is 16.7. The van der Waals surface area contributed by atoms with Crippen LogP contribution in [-0.2, 0) is 6.54 Å². The second-order valence-corrected chi connectivity index (χ2v) is 8.68. The van der Waals surface area contributed by atoms with Crippen LogP contribution >= 0.6 is 11.3 Å². The number of rotatable bonds is 6. The van der Waals surface area contributed by atoms with Crippen LogP contribution in [-0.4, -0.2) is 22.1 Å². The lowest BCUT2D eigenvalue weighted by molar-refractivity contribution is 0.0999. The smallest absolute Gasteiger partial charge is 0.280 e. The zero-order valence-corrected chi connectivity index (χ0v) is 19.6. The highest BCUT2D eigenvalue weighted by molar-refractivity contribution is 7.16. The Hall–Kier alpha value is -4.03. The molecule has 0 unspecified atom stereocenters. The lowest BCUT2D eigenvalue weighted by Crippen LogP contribution is -2.17. The summed E-state index contributed by atoms with van der Waals surface area (Å²) >= 11 is 1.46. The Morgan fingerprint density at radius 1 is 1.09 bits per heavy atom. The number of hydrogen-bond acceptors (Lipinski definition) is 4. The van der Waals surface area contributed by atoms with Gasteiger partial charge in [-0.05, 0) is 31.2 Å². The van der Waals surface area contributed by atoms with Crippen LogP contribution in [0, 0.1) is 0 Å². The minimum atomic E-state index is -0.307. The zero-order valence-electron chi connectivity index (χ0n) is 18.8. The van der Waals surface area contributed by atoms with Crippen LogP contribution in [0.2, 0.25) is 0 Å². The molecule has 0 N–H and O–H groups in total. The van der Waals surface area contributed by atoms with E-state index in [1.807, 2.05) is 90.4 Å². The molecule has 3 aromatic carbocycles. The minimum Gasteiger partial charge on any atom is -0.492 e. The standard InChI is InChI=1S/C28H23N3O2S/c1-3-17-31-26-24(33-4-2)15-10-16-25(26)34-28(31)30-27(32)21-18-23(19-11-6-5-7-12-19)29-22-14-9-8-13-20(21)22/h3,5-16,18H,1,4,17H2,2H3. The maximum Gasteiger partial charge on any atom is 0.280 e. The first-order valence-corrected chi connectivity index (χ1v) is 11.9. The number of amides is 1. The van der Waals surface area contributed by atoms with E-state index in [1.54, 1.807) is 6.08 Å². The van der Waals surface area contributed by atoms with Gasteiger partial charge in [-0.2, -0.15) is 4.99 Å². The average molecular weight is 466 g/mol. The largest absolute Gasteiger partial charge is 0.492 e. The fourth-order valence-corrected chi connectivity index (χ4v) is 5.06. The van der Waals surface area contributed by atoms with Gasteiger partial charge in [0.2, 0.25) is 0 Å². The third kappa shape index (κ3) is 4.04. The molecule has 0 spiro atoms. The van der Waals surface area contributed by atoms with Gasteiger partial charge < -0.3 is 9.30 Å². The number of nitrogens with zero attached hydrogens (tertiary/aromatic N) is 3. The number of allylic oxidation sites excluding steroid dienone is 1. The highest BCUT2D eigenvalue weighted by Gasteiger charge is 2.16. The molecule has 0 fully saturated rings. The quantitative estimate of drug-likeness (QED) is 0.279. The van der Waals surface area contributed by atoms with Crippen LogP contribution in [0.15, 0.2) is 96.5 Å². The Bertz CT molecular complexity index is 1580. The summed E-state index contributed by atoms with van der Waals surface area (Å²) in [5.41, 5.74) is 3.90. The Morgan fingerprint density at radius 2 is 1.88 bits per heavy atom. The number of carbonyl (C=O) groups is 1. The van der Waals surface area contributed by atoms with Crippen molar-refractivity contribution in [1.82, 2.24) is 9.55 Å². The van der Waals surface area contributed by atoms with Gasteiger partial charge in [-0.1, -0.05) is 72.0 Å². The van der Waals surface area contributed by atoms with Gasteiger partial charge in [-0.15, -0.1) is 6.58 Å². The van der Waals surface area contributed by atoms with Crippen molar-refractivity contribution in [3.05, 3.63) is 102 Å². The van der Waals surface area contributed by atoms with Gasteiger partial charge in [0.15, 0.2) is 4.80 Å². The number of carbonyl (C=O) groups excluding carboxylic acids is 1. The molecule has 1 amide bonds. The van der Waals surface area contributed by atoms with Gasteiger partial charge in [-0.3, -0.25) is 4.79 Å². The zero-order chi connectivity index (χ0) is 23.5. The Morgan fingerprint density at radius 3 is 2.68 bits per heavy atom. The van der Waals surface area contributed by atoms with Crippen LogP contribution in [0.3, 0.4) is 0 Å². The normalized spacial score (nSPS) is 11.7. The van der Waals surface area contributed by atoms with Crippen LogP contribution in [0.1, 0.15) is 17.3 Å². The SMILES string of the molecule is C=CCn1c(=NC(=O)c2cc(-c3ccccc3)nc3ccccc23)sc2cccc(OCC)c21. The van der Waals surface area contributed by atoms with Gasteiger partial charge in [-0.25, -0.2) is 4.98 Å². The maximum atomic E-state index is 13.6. The first-order valence-electron chi connectivity index (χ1n) is 11.1. The van der Waals surface area contributed by atoms with Gasteiger partial charge in [0.05, 0.1) is 28.1 Å². The summed E-state index contributed by atoms with van der Waals surface area (Å²) in [4.78, 5) is 23.6. The van der Waals surface area contributed by atoms with E-state index in [-0.39, 0.29) is 5.91 Å². The van der Waals surface area contributed by atoms with Gasteiger partial charge in [0, 0.05) is 17.5 Å². The average Bonchev–Trinajstić information content (AvgIpc) is 3.22. The number of para-hydroxylation sites is 2. The minimum absolute atomic E-state index is 0.307. The van der Waals surface area contributed by atoms with Crippen molar-refractivity contribution >= 4 is 38.4 Å². The van der Waals surface area contributed by atoms with E-state index in [0.717, 1.165) is 38.1 Å². The number of benzene rings is 3. The summed E-state index contributed by atoms with van der Waals surface area (Å²) in [5, 5.41) is 0.780. The fourth-order valence-electron chi connectivity index (χ4n) is 4.01. The summed E-state index contributed by atoms with van der Waals surface area (Å²) in [6.45, 7) is 6.92. The summed E-state index contributed by atoms with van der Waals surface area (Å²) in [5.74, 6) is 0.464. The summed E-state index contributed by atoms with van der Waals surface area (Å²) < 4.78 is 8.84. The van der Waals surface area contributed by atoms with Crippen LogP contribution in [0.5, 0.6) is 5.75 Å². The molecule has 0 radical (unpaired) electrons. The van der Waals surface area contributed by atoms with Crippen molar-refractivity contribution < 1.29 is 9.53 Å². The molecule has 168 valence electrons. The van der Waals surface area contributed by atoms with E-state index in [2.05, 4.69) is 11.6 Å².